The highest BCUT2D eigenvalue weighted by Gasteiger charge is 2.46. The van der Waals surface area contributed by atoms with Gasteiger partial charge in [0, 0.05) is 10.9 Å². The predicted octanol–water partition coefficient (Wildman–Crippen LogP) is 7.01. The second kappa shape index (κ2) is 10.1. The first kappa shape index (κ1) is 23.6. The van der Waals surface area contributed by atoms with E-state index in [1.54, 1.807) is 0 Å². The number of likely N-dealkylation sites (N-methyl/N-ethyl adjacent to an activating group) is 1. The zero-order valence-electron chi connectivity index (χ0n) is 20.4. The molecule has 0 aliphatic rings. The highest BCUT2D eigenvalue weighted by molar-refractivity contribution is 6.82. The first-order valence-corrected chi connectivity index (χ1v) is 14.0. The van der Waals surface area contributed by atoms with E-state index in [1.807, 2.05) is 13.1 Å². The molecule has 4 heteroatoms. The summed E-state index contributed by atoms with van der Waals surface area (Å²) in [6.07, 6.45) is 3.48. The Bertz CT molecular complexity index is 954. The number of hydrogen-bond donors (Lipinski definition) is 1. The molecule has 3 nitrogen and oxygen atoms in total. The van der Waals surface area contributed by atoms with Crippen molar-refractivity contribution in [1.29, 1.82) is 0 Å². The average Bonchev–Trinajstić information content (AvgIpc) is 3.10. The number of ether oxygens (including phenoxy) is 1. The molecule has 0 aliphatic heterocycles. The van der Waals surface area contributed by atoms with Crippen molar-refractivity contribution in [3.63, 3.8) is 0 Å². The molecule has 168 valence electrons. The monoisotopic (exact) mass is 436 g/mol. The third-order valence-corrected chi connectivity index (χ3v) is 13.7. The van der Waals surface area contributed by atoms with Crippen LogP contribution in [0.1, 0.15) is 52.7 Å². The lowest BCUT2D eigenvalue weighted by Gasteiger charge is -2.44. The summed E-state index contributed by atoms with van der Waals surface area (Å²) in [5.74, 6) is 1.00. The van der Waals surface area contributed by atoms with Crippen LogP contribution in [0.4, 0.5) is 0 Å². The maximum Gasteiger partial charge on any atom is 0.169 e. The van der Waals surface area contributed by atoms with Gasteiger partial charge in [-0.2, -0.15) is 0 Å². The van der Waals surface area contributed by atoms with Crippen LogP contribution in [0.15, 0.2) is 54.7 Å². The van der Waals surface area contributed by atoms with Crippen LogP contribution in [0.2, 0.25) is 16.6 Å². The first-order valence-electron chi connectivity index (χ1n) is 11.8. The third-order valence-electron chi connectivity index (χ3n) is 6.94. The number of hydrogen-bond acceptors (Lipinski definition) is 2. The van der Waals surface area contributed by atoms with Crippen molar-refractivity contribution in [2.45, 2.75) is 71.2 Å². The summed E-state index contributed by atoms with van der Waals surface area (Å²) in [6, 6.07) is 17.1. The summed E-state index contributed by atoms with van der Waals surface area (Å²) < 4.78 is 9.14. The fourth-order valence-corrected chi connectivity index (χ4v) is 12.4. The van der Waals surface area contributed by atoms with E-state index in [1.165, 1.54) is 22.0 Å². The van der Waals surface area contributed by atoms with E-state index >= 15 is 0 Å². The molecule has 31 heavy (non-hydrogen) atoms. The van der Waals surface area contributed by atoms with Gasteiger partial charge in [-0.25, -0.2) is 0 Å². The van der Waals surface area contributed by atoms with Gasteiger partial charge in [0.25, 0.3) is 0 Å². The largest absolute Gasteiger partial charge is 0.488 e. The molecule has 0 unspecified atom stereocenters. The molecular weight excluding hydrogens is 396 g/mol. The molecule has 1 N–H and O–H groups in total. The number of benzene rings is 2. The number of aromatic nitrogens is 1. The average molecular weight is 437 g/mol. The Hall–Kier alpha value is -2.04. The molecule has 3 aromatic rings. The molecule has 3 rings (SSSR count). The second-order valence-electron chi connectivity index (χ2n) is 9.65. The molecule has 1 aromatic heterocycles. The minimum atomic E-state index is -1.86. The van der Waals surface area contributed by atoms with Crippen molar-refractivity contribution in [2.75, 3.05) is 13.6 Å². The fraction of sp³-hybridized carbons (Fsp3) is 0.481. The third kappa shape index (κ3) is 4.46. The lowest BCUT2D eigenvalue weighted by molar-refractivity contribution is 0.310. The van der Waals surface area contributed by atoms with Gasteiger partial charge in [-0.15, -0.1) is 0 Å². The number of nitrogens with one attached hydrogen (secondary N) is 1. The van der Waals surface area contributed by atoms with Crippen LogP contribution in [-0.4, -0.2) is 26.1 Å². The summed E-state index contributed by atoms with van der Waals surface area (Å²) in [4.78, 5) is 0. The highest BCUT2D eigenvalue weighted by atomic mass is 28.3. The smallest absolute Gasteiger partial charge is 0.169 e. The SMILES string of the molecule is CNCCc1cn([Si](C(C)C)(C(C)C)C(C)C)c2cccc(OCc3ccccc3)c12. The molecule has 0 radical (unpaired) electrons. The van der Waals surface area contributed by atoms with Crippen molar-refractivity contribution >= 4 is 19.1 Å². The minimum Gasteiger partial charge on any atom is -0.488 e. The number of rotatable bonds is 10. The van der Waals surface area contributed by atoms with Gasteiger partial charge in [0.1, 0.15) is 12.4 Å². The molecule has 1 heterocycles. The first-order chi connectivity index (χ1) is 14.8. The fourth-order valence-electron chi connectivity index (χ4n) is 5.79. The lowest BCUT2D eigenvalue weighted by Crippen LogP contribution is -2.51. The van der Waals surface area contributed by atoms with Crippen LogP contribution in [0.5, 0.6) is 5.75 Å². The van der Waals surface area contributed by atoms with E-state index in [-0.39, 0.29) is 0 Å². The van der Waals surface area contributed by atoms with Gasteiger partial charge in [-0.1, -0.05) is 77.9 Å². The van der Waals surface area contributed by atoms with Crippen LogP contribution >= 0.6 is 0 Å². The summed E-state index contributed by atoms with van der Waals surface area (Å²) in [7, 11) is 0.174. The molecule has 0 aliphatic carbocycles. The van der Waals surface area contributed by atoms with E-state index in [9.17, 15) is 0 Å². The summed E-state index contributed by atoms with van der Waals surface area (Å²) in [5, 5.41) is 4.63. The van der Waals surface area contributed by atoms with E-state index in [0.29, 0.717) is 23.2 Å². The van der Waals surface area contributed by atoms with Crippen molar-refractivity contribution < 1.29 is 4.74 Å². The molecule has 0 atom stereocenters. The van der Waals surface area contributed by atoms with Crippen LogP contribution in [0.25, 0.3) is 10.9 Å². The van der Waals surface area contributed by atoms with Gasteiger partial charge in [0.15, 0.2) is 8.24 Å². The maximum atomic E-state index is 6.42. The van der Waals surface area contributed by atoms with Gasteiger partial charge >= 0.3 is 0 Å². The van der Waals surface area contributed by atoms with E-state index in [2.05, 4.69) is 99.8 Å². The number of nitrogens with zero attached hydrogens (tertiary/aromatic N) is 1. The van der Waals surface area contributed by atoms with Gasteiger partial charge in [-0.3, -0.25) is 0 Å². The minimum absolute atomic E-state index is 0.595. The Morgan fingerprint density at radius 2 is 1.52 bits per heavy atom. The second-order valence-corrected chi connectivity index (χ2v) is 15.4. The molecular formula is C27H40N2OSi. The Balaban J connectivity index is 2.17. The Morgan fingerprint density at radius 3 is 2.10 bits per heavy atom. The Morgan fingerprint density at radius 1 is 0.871 bits per heavy atom. The predicted molar refractivity (Wildman–Crippen MR) is 137 cm³/mol. The lowest BCUT2D eigenvalue weighted by atomic mass is 10.1. The zero-order chi connectivity index (χ0) is 22.6. The topological polar surface area (TPSA) is 26.2 Å². The molecule has 0 spiro atoms. The normalized spacial score (nSPS) is 12.5. The van der Waals surface area contributed by atoms with Crippen molar-refractivity contribution in [2.24, 2.45) is 0 Å². The molecule has 0 saturated heterocycles. The van der Waals surface area contributed by atoms with E-state index < -0.39 is 8.24 Å². The van der Waals surface area contributed by atoms with E-state index in [4.69, 9.17) is 4.74 Å². The van der Waals surface area contributed by atoms with Gasteiger partial charge in [0.05, 0.1) is 0 Å². The molecule has 2 aromatic carbocycles. The van der Waals surface area contributed by atoms with Crippen LogP contribution in [0, 0.1) is 0 Å². The molecule has 0 bridgehead atoms. The van der Waals surface area contributed by atoms with Crippen LogP contribution < -0.4 is 10.1 Å². The summed E-state index contributed by atoms with van der Waals surface area (Å²) in [5.41, 5.74) is 5.88. The number of fused-ring (bicyclic) bond motifs is 1. The molecule has 0 amide bonds. The van der Waals surface area contributed by atoms with E-state index in [0.717, 1.165) is 18.7 Å². The van der Waals surface area contributed by atoms with Gasteiger partial charge in [-0.05, 0) is 66.1 Å². The quantitative estimate of drug-likeness (QED) is 0.346. The Kier molecular flexibility index (Phi) is 7.66. The summed E-state index contributed by atoms with van der Waals surface area (Å²) >= 11 is 0. The summed E-state index contributed by atoms with van der Waals surface area (Å²) in [6.45, 7) is 16.1. The van der Waals surface area contributed by atoms with Gasteiger partial charge in [0.2, 0.25) is 0 Å². The zero-order valence-corrected chi connectivity index (χ0v) is 21.4. The van der Waals surface area contributed by atoms with Gasteiger partial charge < -0.3 is 14.3 Å². The highest BCUT2D eigenvalue weighted by Crippen LogP contribution is 2.46. The maximum absolute atomic E-state index is 6.42. The van der Waals surface area contributed by atoms with Crippen molar-refractivity contribution in [1.82, 2.24) is 9.55 Å². The van der Waals surface area contributed by atoms with Crippen molar-refractivity contribution in [3.8, 4) is 5.75 Å². The molecule has 0 fully saturated rings. The Labute approximate surface area is 189 Å². The van der Waals surface area contributed by atoms with Crippen LogP contribution in [-0.2, 0) is 13.0 Å². The van der Waals surface area contributed by atoms with Crippen LogP contribution in [0.3, 0.4) is 0 Å². The standard InChI is InChI=1S/C27H40N2OSi/c1-20(2)31(21(3)4,22(5)6)29-18-24(16-17-28-7)27-25(29)14-11-15-26(27)30-19-23-12-9-8-10-13-23/h8-15,18,20-22,28H,16-17,19H2,1-7H3. The molecule has 0 saturated carbocycles. The van der Waals surface area contributed by atoms with Crippen molar-refractivity contribution in [3.05, 3.63) is 65.9 Å².